The molecule has 82 valence electrons. The normalized spacial score (nSPS) is 10.4. The van der Waals surface area contributed by atoms with E-state index in [9.17, 15) is 0 Å². The molecule has 0 bridgehead atoms. The van der Waals surface area contributed by atoms with E-state index in [1.165, 1.54) is 16.7 Å². The Hall–Kier alpha value is -1.19. The van der Waals surface area contributed by atoms with Gasteiger partial charge in [0.25, 0.3) is 0 Å². The first-order valence-corrected chi connectivity index (χ1v) is 5.99. The van der Waals surface area contributed by atoms with Gasteiger partial charge in [-0.1, -0.05) is 28.1 Å². The molecule has 0 spiro atoms. The van der Waals surface area contributed by atoms with Crippen LogP contribution in [-0.2, 0) is 6.42 Å². The van der Waals surface area contributed by atoms with Crippen LogP contribution in [0.4, 0.5) is 0 Å². The summed E-state index contributed by atoms with van der Waals surface area (Å²) in [7, 11) is 0. The van der Waals surface area contributed by atoms with Crippen molar-refractivity contribution in [2.45, 2.75) is 6.42 Å². The molecular weight excluding hydrogens is 264 g/mol. The number of nitrogens with two attached hydrogens (primary N) is 1. The maximum Gasteiger partial charge on any atom is 0.0306 e. The fourth-order valence-corrected chi connectivity index (χ4v) is 1.96. The molecule has 1 aromatic carbocycles. The molecule has 0 aliphatic carbocycles. The highest BCUT2D eigenvalue weighted by molar-refractivity contribution is 9.10. The van der Waals surface area contributed by atoms with Crippen LogP contribution >= 0.6 is 15.9 Å². The molecule has 2 aromatic rings. The number of benzene rings is 1. The lowest BCUT2D eigenvalue weighted by Gasteiger charge is -2.08. The van der Waals surface area contributed by atoms with E-state index in [0.717, 1.165) is 10.9 Å². The molecule has 0 saturated heterocycles. The van der Waals surface area contributed by atoms with Crippen LogP contribution in [0.5, 0.6) is 0 Å². The summed E-state index contributed by atoms with van der Waals surface area (Å²) in [5, 5.41) is 0. The van der Waals surface area contributed by atoms with Gasteiger partial charge in [0.1, 0.15) is 0 Å². The van der Waals surface area contributed by atoms with Gasteiger partial charge >= 0.3 is 0 Å². The second kappa shape index (κ2) is 5.23. The standard InChI is InChI=1S/C13H13BrN2/c14-12-3-1-10(2-4-12)13-6-8-16-9-11(13)5-7-15/h1-4,6,8-9H,5,7,15H2. The molecule has 1 aromatic heterocycles. The third-order valence-electron chi connectivity index (χ3n) is 2.47. The number of halogens is 1. The van der Waals surface area contributed by atoms with Gasteiger partial charge in [0.2, 0.25) is 0 Å². The molecule has 2 N–H and O–H groups in total. The number of hydrogen-bond donors (Lipinski definition) is 1. The lowest BCUT2D eigenvalue weighted by molar-refractivity contribution is 0.960. The van der Waals surface area contributed by atoms with E-state index in [-0.39, 0.29) is 0 Å². The minimum absolute atomic E-state index is 0.648. The van der Waals surface area contributed by atoms with Crippen molar-refractivity contribution in [3.8, 4) is 11.1 Å². The van der Waals surface area contributed by atoms with Crippen LogP contribution in [0.2, 0.25) is 0 Å². The summed E-state index contributed by atoms with van der Waals surface area (Å²) in [6.07, 6.45) is 4.57. The summed E-state index contributed by atoms with van der Waals surface area (Å²) in [4.78, 5) is 4.14. The van der Waals surface area contributed by atoms with E-state index < -0.39 is 0 Å². The molecule has 0 aliphatic heterocycles. The van der Waals surface area contributed by atoms with E-state index in [1.807, 2.05) is 30.6 Å². The highest BCUT2D eigenvalue weighted by atomic mass is 79.9. The summed E-state index contributed by atoms with van der Waals surface area (Å²) in [6.45, 7) is 0.648. The van der Waals surface area contributed by atoms with Crippen LogP contribution in [0.25, 0.3) is 11.1 Å². The SMILES string of the molecule is NCCc1cnccc1-c1ccc(Br)cc1. The Labute approximate surface area is 104 Å². The monoisotopic (exact) mass is 276 g/mol. The van der Waals surface area contributed by atoms with Crippen LogP contribution in [-0.4, -0.2) is 11.5 Å². The third-order valence-corrected chi connectivity index (χ3v) is 3.00. The van der Waals surface area contributed by atoms with E-state index in [1.54, 1.807) is 0 Å². The minimum Gasteiger partial charge on any atom is -0.330 e. The van der Waals surface area contributed by atoms with E-state index in [4.69, 9.17) is 5.73 Å². The first kappa shape index (κ1) is 11.3. The van der Waals surface area contributed by atoms with E-state index >= 15 is 0 Å². The predicted octanol–water partition coefficient (Wildman–Crippen LogP) is 3.01. The molecule has 2 rings (SSSR count). The van der Waals surface area contributed by atoms with Crippen molar-refractivity contribution in [3.05, 3.63) is 52.8 Å². The van der Waals surface area contributed by atoms with Crippen molar-refractivity contribution in [3.63, 3.8) is 0 Å². The lowest BCUT2D eigenvalue weighted by atomic mass is 10.00. The maximum atomic E-state index is 5.60. The molecule has 0 atom stereocenters. The molecule has 16 heavy (non-hydrogen) atoms. The van der Waals surface area contributed by atoms with Crippen LogP contribution in [0.3, 0.4) is 0 Å². The van der Waals surface area contributed by atoms with Gasteiger partial charge in [-0.2, -0.15) is 0 Å². The van der Waals surface area contributed by atoms with Crippen LogP contribution in [0.1, 0.15) is 5.56 Å². The number of rotatable bonds is 3. The Morgan fingerprint density at radius 2 is 1.88 bits per heavy atom. The average Bonchev–Trinajstić information content (AvgIpc) is 2.32. The van der Waals surface area contributed by atoms with Gasteiger partial charge in [-0.25, -0.2) is 0 Å². The fourth-order valence-electron chi connectivity index (χ4n) is 1.69. The van der Waals surface area contributed by atoms with Crippen LogP contribution < -0.4 is 5.73 Å². The molecule has 2 nitrogen and oxygen atoms in total. The highest BCUT2D eigenvalue weighted by Crippen LogP contribution is 2.24. The first-order valence-electron chi connectivity index (χ1n) is 5.20. The van der Waals surface area contributed by atoms with Crippen molar-refractivity contribution >= 4 is 15.9 Å². The van der Waals surface area contributed by atoms with Crippen molar-refractivity contribution < 1.29 is 0 Å². The zero-order valence-corrected chi connectivity index (χ0v) is 10.4. The maximum absolute atomic E-state index is 5.60. The second-order valence-corrected chi connectivity index (χ2v) is 4.49. The highest BCUT2D eigenvalue weighted by Gasteiger charge is 2.03. The Morgan fingerprint density at radius 1 is 1.12 bits per heavy atom. The van der Waals surface area contributed by atoms with Crippen LogP contribution in [0.15, 0.2) is 47.2 Å². The van der Waals surface area contributed by atoms with Gasteiger partial charge < -0.3 is 5.73 Å². The van der Waals surface area contributed by atoms with Crippen LogP contribution in [0, 0.1) is 0 Å². The van der Waals surface area contributed by atoms with Crippen molar-refractivity contribution in [2.75, 3.05) is 6.54 Å². The summed E-state index contributed by atoms with van der Waals surface area (Å²) in [6, 6.07) is 10.3. The predicted molar refractivity (Wildman–Crippen MR) is 70.1 cm³/mol. The lowest BCUT2D eigenvalue weighted by Crippen LogP contribution is -2.04. The Balaban J connectivity index is 2.42. The van der Waals surface area contributed by atoms with Gasteiger partial charge in [0.15, 0.2) is 0 Å². The molecule has 0 aliphatic rings. The second-order valence-electron chi connectivity index (χ2n) is 3.58. The summed E-state index contributed by atoms with van der Waals surface area (Å²) in [5.74, 6) is 0. The molecule has 0 amide bonds. The molecule has 0 fully saturated rings. The zero-order chi connectivity index (χ0) is 11.4. The number of aromatic nitrogens is 1. The van der Waals surface area contributed by atoms with Gasteiger partial charge in [-0.05, 0) is 47.9 Å². The fraction of sp³-hybridized carbons (Fsp3) is 0.154. The number of hydrogen-bond acceptors (Lipinski definition) is 2. The van der Waals surface area contributed by atoms with E-state index in [0.29, 0.717) is 6.54 Å². The average molecular weight is 277 g/mol. The molecule has 0 radical (unpaired) electrons. The summed E-state index contributed by atoms with van der Waals surface area (Å²) in [5.41, 5.74) is 9.22. The third kappa shape index (κ3) is 2.49. The van der Waals surface area contributed by atoms with Crippen molar-refractivity contribution in [1.29, 1.82) is 0 Å². The first-order chi connectivity index (χ1) is 7.81. The topological polar surface area (TPSA) is 38.9 Å². The summed E-state index contributed by atoms with van der Waals surface area (Å²) < 4.78 is 1.09. The number of pyridine rings is 1. The van der Waals surface area contributed by atoms with Gasteiger partial charge in [0.05, 0.1) is 0 Å². The smallest absolute Gasteiger partial charge is 0.0306 e. The van der Waals surface area contributed by atoms with Gasteiger partial charge in [0, 0.05) is 16.9 Å². The van der Waals surface area contributed by atoms with E-state index in [2.05, 4.69) is 33.0 Å². The summed E-state index contributed by atoms with van der Waals surface area (Å²) >= 11 is 3.43. The molecule has 0 saturated carbocycles. The molecule has 3 heteroatoms. The number of nitrogens with zero attached hydrogens (tertiary/aromatic N) is 1. The minimum atomic E-state index is 0.648. The largest absolute Gasteiger partial charge is 0.330 e. The molecule has 1 heterocycles. The Morgan fingerprint density at radius 3 is 2.56 bits per heavy atom. The van der Waals surface area contributed by atoms with Crippen molar-refractivity contribution in [2.24, 2.45) is 5.73 Å². The van der Waals surface area contributed by atoms with Gasteiger partial charge in [-0.15, -0.1) is 0 Å². The van der Waals surface area contributed by atoms with Gasteiger partial charge in [-0.3, -0.25) is 4.98 Å². The molecule has 0 unspecified atom stereocenters. The Kier molecular flexibility index (Phi) is 3.70. The van der Waals surface area contributed by atoms with Crippen molar-refractivity contribution in [1.82, 2.24) is 4.98 Å². The molecular formula is C13H13BrN2. The Bertz CT molecular complexity index is 466. The quantitative estimate of drug-likeness (QED) is 0.936. The zero-order valence-electron chi connectivity index (χ0n) is 8.86.